The Morgan fingerprint density at radius 1 is 1.00 bits per heavy atom. The maximum Gasteiger partial charge on any atom is 0.338 e. The Bertz CT molecular complexity index is 1150. The monoisotopic (exact) mass is 451 g/mol. The fourth-order valence-corrected chi connectivity index (χ4v) is 4.50. The second-order valence-corrected chi connectivity index (χ2v) is 8.22. The van der Waals surface area contributed by atoms with E-state index in [1.54, 1.807) is 35.2 Å². The summed E-state index contributed by atoms with van der Waals surface area (Å²) in [4.78, 5) is 29.3. The molecule has 3 aromatic rings. The van der Waals surface area contributed by atoms with Gasteiger partial charge in [0.1, 0.15) is 12.4 Å². The lowest BCUT2D eigenvalue weighted by molar-refractivity contribution is 0.0335. The van der Waals surface area contributed by atoms with Crippen LogP contribution in [0.25, 0.3) is 0 Å². The second-order valence-electron chi connectivity index (χ2n) is 7.13. The molecular weight excluding hydrogens is 429 g/mol. The van der Waals surface area contributed by atoms with Gasteiger partial charge in [0.2, 0.25) is 0 Å². The van der Waals surface area contributed by atoms with E-state index in [9.17, 15) is 14.0 Å². The number of carbonyl (C=O) groups excluding carboxylic acids is 2. The molecule has 0 aliphatic carbocycles. The summed E-state index contributed by atoms with van der Waals surface area (Å²) in [6.45, 7) is 3.05. The molecule has 0 saturated carbocycles. The van der Waals surface area contributed by atoms with E-state index in [4.69, 9.17) is 9.47 Å². The van der Waals surface area contributed by atoms with Crippen LogP contribution in [0.5, 0.6) is 0 Å². The predicted molar refractivity (Wildman–Crippen MR) is 121 cm³/mol. The van der Waals surface area contributed by atoms with Crippen LogP contribution in [0.3, 0.4) is 0 Å². The van der Waals surface area contributed by atoms with E-state index in [0.29, 0.717) is 35.6 Å². The van der Waals surface area contributed by atoms with Crippen LogP contribution in [0.4, 0.5) is 10.1 Å². The van der Waals surface area contributed by atoms with Crippen LogP contribution in [-0.2, 0) is 16.0 Å². The molecule has 0 unspecified atom stereocenters. The molecule has 3 aromatic carbocycles. The highest BCUT2D eigenvalue weighted by Gasteiger charge is 2.28. The van der Waals surface area contributed by atoms with Gasteiger partial charge in [0.25, 0.3) is 5.91 Å². The van der Waals surface area contributed by atoms with Crippen molar-refractivity contribution in [3.63, 3.8) is 0 Å². The Hall–Kier alpha value is -3.16. The van der Waals surface area contributed by atoms with Gasteiger partial charge in [-0.1, -0.05) is 36.0 Å². The minimum atomic E-state index is -0.489. The molecule has 5 nitrogen and oxygen atoms in total. The Kier molecular flexibility index (Phi) is 6.87. The molecule has 164 valence electrons. The summed E-state index contributed by atoms with van der Waals surface area (Å²) in [7, 11) is 0. The lowest BCUT2D eigenvalue weighted by Gasteiger charge is -2.23. The van der Waals surface area contributed by atoms with Gasteiger partial charge in [-0.05, 0) is 55.0 Å². The highest BCUT2D eigenvalue weighted by molar-refractivity contribution is 7.99. The third-order valence-electron chi connectivity index (χ3n) is 4.96. The third kappa shape index (κ3) is 4.84. The van der Waals surface area contributed by atoms with Crippen LogP contribution in [0.2, 0.25) is 0 Å². The number of amides is 1. The molecule has 7 heteroatoms. The number of hydrogen-bond acceptors (Lipinski definition) is 5. The van der Waals surface area contributed by atoms with Crippen molar-refractivity contribution in [3.05, 3.63) is 89.2 Å². The Morgan fingerprint density at radius 2 is 1.84 bits per heavy atom. The van der Waals surface area contributed by atoms with Crippen LogP contribution in [0.15, 0.2) is 76.5 Å². The summed E-state index contributed by atoms with van der Waals surface area (Å²) < 4.78 is 24.3. The fraction of sp³-hybridized carbons (Fsp3) is 0.200. The van der Waals surface area contributed by atoms with E-state index in [1.807, 2.05) is 31.2 Å². The molecule has 0 saturated heterocycles. The van der Waals surface area contributed by atoms with Crippen molar-refractivity contribution in [3.8, 4) is 0 Å². The highest BCUT2D eigenvalue weighted by atomic mass is 32.2. The van der Waals surface area contributed by atoms with Crippen LogP contribution in [0.1, 0.15) is 33.2 Å². The SMILES string of the molecule is CCOCCOC(=O)c1ccc2c(c1)N(Cc1cccc(F)c1)C(=O)c1ccccc1S2. The summed E-state index contributed by atoms with van der Waals surface area (Å²) in [5.41, 5.74) is 2.13. The molecular formula is C25H22FNO4S. The van der Waals surface area contributed by atoms with Gasteiger partial charge < -0.3 is 14.4 Å². The summed E-state index contributed by atoms with van der Waals surface area (Å²) in [5.74, 6) is -1.07. The third-order valence-corrected chi connectivity index (χ3v) is 6.10. The highest BCUT2D eigenvalue weighted by Crippen LogP contribution is 2.42. The Labute approximate surface area is 190 Å². The van der Waals surface area contributed by atoms with E-state index >= 15 is 0 Å². The molecule has 0 atom stereocenters. The average molecular weight is 452 g/mol. The number of carbonyl (C=O) groups is 2. The first-order chi connectivity index (χ1) is 15.6. The van der Waals surface area contributed by atoms with Crippen molar-refractivity contribution in [2.24, 2.45) is 0 Å². The summed E-state index contributed by atoms with van der Waals surface area (Å²) in [5, 5.41) is 0. The number of hydrogen-bond donors (Lipinski definition) is 0. The van der Waals surface area contributed by atoms with E-state index in [1.165, 1.54) is 23.9 Å². The summed E-state index contributed by atoms with van der Waals surface area (Å²) in [6, 6.07) is 18.7. The van der Waals surface area contributed by atoms with Gasteiger partial charge in [-0.15, -0.1) is 0 Å². The molecule has 0 fully saturated rings. The zero-order valence-corrected chi connectivity index (χ0v) is 18.4. The molecule has 1 aliphatic heterocycles. The molecule has 1 heterocycles. The van der Waals surface area contributed by atoms with Gasteiger partial charge in [-0.25, -0.2) is 9.18 Å². The van der Waals surface area contributed by atoms with Crippen molar-refractivity contribution < 1.29 is 23.5 Å². The van der Waals surface area contributed by atoms with E-state index in [-0.39, 0.29) is 24.9 Å². The van der Waals surface area contributed by atoms with Crippen molar-refractivity contribution in [2.45, 2.75) is 23.3 Å². The summed E-state index contributed by atoms with van der Waals surface area (Å²) in [6.07, 6.45) is 0. The lowest BCUT2D eigenvalue weighted by atomic mass is 10.1. The van der Waals surface area contributed by atoms with Gasteiger partial charge in [-0.3, -0.25) is 4.79 Å². The topological polar surface area (TPSA) is 55.8 Å². The quantitative estimate of drug-likeness (QED) is 0.359. The van der Waals surface area contributed by atoms with Crippen LogP contribution in [0, 0.1) is 5.82 Å². The molecule has 1 aliphatic rings. The van der Waals surface area contributed by atoms with Gasteiger partial charge in [-0.2, -0.15) is 0 Å². The summed E-state index contributed by atoms with van der Waals surface area (Å²) >= 11 is 1.46. The first-order valence-corrected chi connectivity index (χ1v) is 11.1. The van der Waals surface area contributed by atoms with Gasteiger partial charge in [0, 0.05) is 16.4 Å². The van der Waals surface area contributed by atoms with Gasteiger partial charge in [0.05, 0.1) is 30.0 Å². The number of esters is 1. The van der Waals surface area contributed by atoms with Crippen LogP contribution >= 0.6 is 11.8 Å². The molecule has 1 amide bonds. The van der Waals surface area contributed by atoms with Crippen molar-refractivity contribution >= 4 is 29.3 Å². The number of fused-ring (bicyclic) bond motifs is 2. The molecule has 0 bridgehead atoms. The fourth-order valence-electron chi connectivity index (χ4n) is 3.44. The molecule has 0 radical (unpaired) electrons. The maximum atomic E-state index is 13.8. The Balaban J connectivity index is 1.71. The van der Waals surface area contributed by atoms with E-state index < -0.39 is 5.97 Å². The van der Waals surface area contributed by atoms with Gasteiger partial charge in [0.15, 0.2) is 0 Å². The number of ether oxygens (including phenoxy) is 2. The molecule has 0 aromatic heterocycles. The number of halogens is 1. The zero-order valence-electron chi connectivity index (χ0n) is 17.5. The largest absolute Gasteiger partial charge is 0.460 e. The number of rotatable bonds is 7. The minimum Gasteiger partial charge on any atom is -0.460 e. The second kappa shape index (κ2) is 9.97. The smallest absolute Gasteiger partial charge is 0.338 e. The molecule has 32 heavy (non-hydrogen) atoms. The maximum absolute atomic E-state index is 13.8. The lowest BCUT2D eigenvalue weighted by Crippen LogP contribution is -2.30. The van der Waals surface area contributed by atoms with Crippen LogP contribution < -0.4 is 4.90 Å². The number of anilines is 1. The van der Waals surface area contributed by atoms with E-state index in [0.717, 1.165) is 9.79 Å². The predicted octanol–water partition coefficient (Wildman–Crippen LogP) is 5.33. The van der Waals surface area contributed by atoms with Crippen LogP contribution in [-0.4, -0.2) is 31.7 Å². The number of benzene rings is 3. The normalized spacial score (nSPS) is 12.7. The van der Waals surface area contributed by atoms with E-state index in [2.05, 4.69) is 0 Å². The first-order valence-electron chi connectivity index (χ1n) is 10.3. The first kappa shape index (κ1) is 22.0. The molecule has 0 spiro atoms. The number of nitrogens with zero attached hydrogens (tertiary/aromatic N) is 1. The minimum absolute atomic E-state index is 0.149. The molecule has 0 N–H and O–H groups in total. The average Bonchev–Trinajstić information content (AvgIpc) is 2.91. The van der Waals surface area contributed by atoms with Crippen molar-refractivity contribution in [1.29, 1.82) is 0 Å². The molecule has 4 rings (SSSR count). The van der Waals surface area contributed by atoms with Gasteiger partial charge >= 0.3 is 5.97 Å². The zero-order chi connectivity index (χ0) is 22.5. The standard InChI is InChI=1S/C25H22FNO4S/c1-2-30-12-13-31-25(29)18-10-11-23-21(15-18)27(16-17-6-5-7-19(26)14-17)24(28)20-8-3-4-9-22(20)32-23/h3-11,14-15H,2,12-13,16H2,1H3. The van der Waals surface area contributed by atoms with Crippen molar-refractivity contribution in [2.75, 3.05) is 24.7 Å². The Morgan fingerprint density at radius 3 is 2.66 bits per heavy atom. The van der Waals surface area contributed by atoms with Crippen molar-refractivity contribution in [1.82, 2.24) is 0 Å².